The molecule has 0 aliphatic carbocycles. The first kappa shape index (κ1) is 6.99. The zero-order valence-electron chi connectivity index (χ0n) is 5.76. The lowest BCUT2D eigenvalue weighted by molar-refractivity contribution is -0.301. The van der Waals surface area contributed by atoms with Gasteiger partial charge in [0, 0.05) is 5.92 Å². The van der Waals surface area contributed by atoms with E-state index in [1.54, 1.807) is 0 Å². The summed E-state index contributed by atoms with van der Waals surface area (Å²) in [6.45, 7) is 4.44. The van der Waals surface area contributed by atoms with Gasteiger partial charge in [0.25, 0.3) is 0 Å². The summed E-state index contributed by atoms with van der Waals surface area (Å²) in [6, 6.07) is 0. The minimum absolute atomic E-state index is 0.123. The van der Waals surface area contributed by atoms with Crippen molar-refractivity contribution in [2.75, 3.05) is 13.2 Å². The first-order valence-electron chi connectivity index (χ1n) is 3.08. The van der Waals surface area contributed by atoms with Gasteiger partial charge in [-0.3, -0.25) is 0 Å². The smallest absolute Gasteiger partial charge is 0.105 e. The van der Waals surface area contributed by atoms with Crippen molar-refractivity contribution in [2.45, 2.75) is 19.4 Å². The van der Waals surface area contributed by atoms with Crippen molar-refractivity contribution < 1.29 is 14.9 Å². The van der Waals surface area contributed by atoms with E-state index >= 15 is 0 Å². The molecule has 3 heteroatoms. The van der Waals surface area contributed by atoms with Crippen LogP contribution in [-0.4, -0.2) is 23.9 Å². The van der Waals surface area contributed by atoms with Crippen molar-refractivity contribution in [3.05, 3.63) is 0 Å². The molecular weight excluding hydrogens is 120 g/mol. The van der Waals surface area contributed by atoms with Crippen LogP contribution in [0.3, 0.4) is 0 Å². The molecule has 0 aromatic rings. The van der Waals surface area contributed by atoms with Crippen LogP contribution in [0.4, 0.5) is 0 Å². The van der Waals surface area contributed by atoms with Crippen molar-refractivity contribution in [2.24, 2.45) is 5.92 Å². The van der Waals surface area contributed by atoms with Crippen LogP contribution in [0.15, 0.2) is 0 Å². The molecule has 0 saturated carbocycles. The average Bonchev–Trinajstić information content (AvgIpc) is 2.08. The minimum Gasteiger partial charge on any atom is -0.396 e. The molecule has 0 spiro atoms. The molecule has 1 saturated heterocycles. The highest BCUT2D eigenvalue weighted by Crippen LogP contribution is 2.27. The van der Waals surface area contributed by atoms with Crippen LogP contribution >= 0.6 is 0 Å². The lowest BCUT2D eigenvalue weighted by atomic mass is 9.94. The third-order valence-electron chi connectivity index (χ3n) is 1.75. The van der Waals surface area contributed by atoms with Gasteiger partial charge in [-0.05, 0) is 13.8 Å². The topological polar surface area (TPSA) is 38.7 Å². The number of aliphatic hydroxyl groups excluding tert-OH is 1. The van der Waals surface area contributed by atoms with E-state index in [2.05, 4.69) is 0 Å². The van der Waals surface area contributed by atoms with Crippen molar-refractivity contribution >= 4 is 0 Å². The number of hydrogen-bond acceptors (Lipinski definition) is 3. The zero-order valence-corrected chi connectivity index (χ0v) is 5.76. The summed E-state index contributed by atoms with van der Waals surface area (Å²) in [6.07, 6.45) is 0. The van der Waals surface area contributed by atoms with Crippen molar-refractivity contribution in [3.63, 3.8) is 0 Å². The molecular formula is C6H12O3. The second-order valence-electron chi connectivity index (χ2n) is 2.85. The number of rotatable bonds is 1. The maximum atomic E-state index is 8.74. The molecule has 1 unspecified atom stereocenters. The predicted octanol–water partition coefficient (Wildman–Crippen LogP) is 0.335. The predicted molar refractivity (Wildman–Crippen MR) is 31.7 cm³/mol. The molecule has 1 fully saturated rings. The van der Waals surface area contributed by atoms with Gasteiger partial charge in [0.15, 0.2) is 0 Å². The van der Waals surface area contributed by atoms with E-state index < -0.39 is 0 Å². The minimum atomic E-state index is -0.311. The molecule has 0 radical (unpaired) electrons. The highest BCUT2D eigenvalue weighted by molar-refractivity contribution is 4.79. The van der Waals surface area contributed by atoms with Crippen LogP contribution in [0, 0.1) is 5.92 Å². The fraction of sp³-hybridized carbons (Fsp3) is 1.00. The standard InChI is InChI=1S/C6H12O3/c1-6(2)5(3-7)4-8-9-6/h5,7H,3-4H2,1-2H3. The van der Waals surface area contributed by atoms with Crippen LogP contribution in [0.2, 0.25) is 0 Å². The van der Waals surface area contributed by atoms with E-state index in [4.69, 9.17) is 14.9 Å². The highest BCUT2D eigenvalue weighted by Gasteiger charge is 2.37. The van der Waals surface area contributed by atoms with Crippen LogP contribution in [0.5, 0.6) is 0 Å². The molecule has 1 rings (SSSR count). The van der Waals surface area contributed by atoms with Gasteiger partial charge >= 0.3 is 0 Å². The fourth-order valence-corrected chi connectivity index (χ4v) is 0.809. The zero-order chi connectivity index (χ0) is 6.91. The second-order valence-corrected chi connectivity index (χ2v) is 2.85. The van der Waals surface area contributed by atoms with Gasteiger partial charge in [-0.2, -0.15) is 0 Å². The van der Waals surface area contributed by atoms with E-state index in [9.17, 15) is 0 Å². The lowest BCUT2D eigenvalue weighted by Crippen LogP contribution is -2.30. The first-order valence-corrected chi connectivity index (χ1v) is 3.08. The monoisotopic (exact) mass is 132 g/mol. The second kappa shape index (κ2) is 2.25. The molecule has 0 aromatic carbocycles. The third-order valence-corrected chi connectivity index (χ3v) is 1.75. The van der Waals surface area contributed by atoms with Gasteiger partial charge in [-0.1, -0.05) is 0 Å². The summed E-state index contributed by atoms with van der Waals surface area (Å²) in [7, 11) is 0. The molecule has 1 heterocycles. The lowest BCUT2D eigenvalue weighted by Gasteiger charge is -2.19. The molecule has 1 aliphatic rings. The summed E-state index contributed by atoms with van der Waals surface area (Å²) in [5.74, 6) is 0.123. The molecule has 0 aromatic heterocycles. The molecule has 9 heavy (non-hydrogen) atoms. The summed E-state index contributed by atoms with van der Waals surface area (Å²) in [5, 5.41) is 8.74. The van der Waals surface area contributed by atoms with E-state index in [0.29, 0.717) is 6.61 Å². The van der Waals surface area contributed by atoms with E-state index in [0.717, 1.165) is 0 Å². The number of aliphatic hydroxyl groups is 1. The Kier molecular flexibility index (Phi) is 1.75. The molecule has 3 nitrogen and oxygen atoms in total. The molecule has 0 bridgehead atoms. The summed E-state index contributed by atoms with van der Waals surface area (Å²) < 4.78 is 0. The van der Waals surface area contributed by atoms with Crippen LogP contribution < -0.4 is 0 Å². The van der Waals surface area contributed by atoms with Gasteiger partial charge in [0.05, 0.1) is 13.2 Å². The Balaban J connectivity index is 2.52. The van der Waals surface area contributed by atoms with Gasteiger partial charge in [-0.25, -0.2) is 9.78 Å². The van der Waals surface area contributed by atoms with Crippen molar-refractivity contribution in [1.82, 2.24) is 0 Å². The fourth-order valence-electron chi connectivity index (χ4n) is 0.809. The Hall–Kier alpha value is -0.120. The van der Waals surface area contributed by atoms with Crippen molar-refractivity contribution in [3.8, 4) is 0 Å². The average molecular weight is 132 g/mol. The molecule has 1 N–H and O–H groups in total. The van der Waals surface area contributed by atoms with Gasteiger partial charge in [0.2, 0.25) is 0 Å². The summed E-state index contributed by atoms with van der Waals surface area (Å²) in [5.41, 5.74) is -0.311. The van der Waals surface area contributed by atoms with E-state index in [1.165, 1.54) is 0 Å². The molecule has 0 amide bonds. The SMILES string of the molecule is CC1(C)OOCC1CO. The van der Waals surface area contributed by atoms with Crippen molar-refractivity contribution in [1.29, 1.82) is 0 Å². The molecule has 1 aliphatic heterocycles. The Morgan fingerprint density at radius 2 is 2.33 bits per heavy atom. The Bertz CT molecular complexity index is 100. The van der Waals surface area contributed by atoms with Crippen LogP contribution in [0.1, 0.15) is 13.8 Å². The normalized spacial score (nSPS) is 33.0. The largest absolute Gasteiger partial charge is 0.396 e. The first-order chi connectivity index (χ1) is 4.17. The van der Waals surface area contributed by atoms with Gasteiger partial charge < -0.3 is 5.11 Å². The Morgan fingerprint density at radius 1 is 1.67 bits per heavy atom. The van der Waals surface area contributed by atoms with Crippen LogP contribution in [0.25, 0.3) is 0 Å². The van der Waals surface area contributed by atoms with Gasteiger partial charge in [-0.15, -0.1) is 0 Å². The summed E-state index contributed by atoms with van der Waals surface area (Å²) in [4.78, 5) is 9.59. The highest BCUT2D eigenvalue weighted by atomic mass is 17.2. The van der Waals surface area contributed by atoms with Crippen LogP contribution in [-0.2, 0) is 9.78 Å². The van der Waals surface area contributed by atoms with E-state index in [1.807, 2.05) is 13.8 Å². The maximum absolute atomic E-state index is 8.74. The summed E-state index contributed by atoms with van der Waals surface area (Å²) >= 11 is 0. The van der Waals surface area contributed by atoms with E-state index in [-0.39, 0.29) is 18.1 Å². The maximum Gasteiger partial charge on any atom is 0.105 e. The molecule has 1 atom stereocenters. The van der Waals surface area contributed by atoms with Gasteiger partial charge in [0.1, 0.15) is 5.60 Å². The number of hydrogen-bond donors (Lipinski definition) is 1. The third kappa shape index (κ3) is 1.23. The molecule has 54 valence electrons. The quantitative estimate of drug-likeness (QED) is 0.523. The Labute approximate surface area is 54.5 Å². The Morgan fingerprint density at radius 3 is 2.56 bits per heavy atom.